The zero-order valence-electron chi connectivity index (χ0n) is 5.77. The van der Waals surface area contributed by atoms with Crippen molar-refractivity contribution in [1.29, 1.82) is 0 Å². The lowest BCUT2D eigenvalue weighted by molar-refractivity contribution is 0.887. The fourth-order valence-corrected chi connectivity index (χ4v) is 0.714. The van der Waals surface area contributed by atoms with Gasteiger partial charge in [-0.2, -0.15) is 0 Å². The van der Waals surface area contributed by atoms with E-state index in [-0.39, 0.29) is 6.17 Å². The second-order valence-electron chi connectivity index (χ2n) is 1.99. The molecule has 52 valence electrons. The number of nitrogens with zero attached hydrogens (tertiary/aromatic N) is 2. The van der Waals surface area contributed by atoms with Crippen molar-refractivity contribution < 1.29 is 0 Å². The molecule has 1 heterocycles. The standard InChI is InChI=1S/C8H10N2/c1-9-8-6-4-2-3-5-7-10-8/h3-8H,1-2H2/b5-3-,6-4?,10-7-. The van der Waals surface area contributed by atoms with Gasteiger partial charge in [-0.25, -0.2) is 0 Å². The molecule has 1 unspecified atom stereocenters. The van der Waals surface area contributed by atoms with E-state index in [1.54, 1.807) is 6.21 Å². The first-order chi connectivity index (χ1) is 4.93. The Morgan fingerprint density at radius 1 is 1.50 bits per heavy atom. The van der Waals surface area contributed by atoms with Crippen LogP contribution in [0.1, 0.15) is 6.42 Å². The van der Waals surface area contributed by atoms with E-state index >= 15 is 0 Å². The van der Waals surface area contributed by atoms with E-state index in [0.29, 0.717) is 0 Å². The SMILES string of the molecule is C=NC1C=CC/C=C\C=N/1. The van der Waals surface area contributed by atoms with Crippen molar-refractivity contribution in [1.82, 2.24) is 0 Å². The fourth-order valence-electron chi connectivity index (χ4n) is 0.714. The maximum absolute atomic E-state index is 4.07. The maximum Gasteiger partial charge on any atom is 0.157 e. The summed E-state index contributed by atoms with van der Waals surface area (Å²) in [7, 11) is 0. The highest BCUT2D eigenvalue weighted by atomic mass is 15.0. The molecule has 0 aromatic rings. The van der Waals surface area contributed by atoms with Crippen LogP contribution < -0.4 is 0 Å². The summed E-state index contributed by atoms with van der Waals surface area (Å²) in [5.74, 6) is 0. The maximum atomic E-state index is 4.07. The molecule has 0 aromatic carbocycles. The van der Waals surface area contributed by atoms with Crippen molar-refractivity contribution >= 4 is 12.9 Å². The monoisotopic (exact) mass is 134 g/mol. The van der Waals surface area contributed by atoms with Crippen LogP contribution in [0.2, 0.25) is 0 Å². The number of hydrogen-bond donors (Lipinski definition) is 0. The lowest BCUT2D eigenvalue weighted by Gasteiger charge is -1.98. The summed E-state index contributed by atoms with van der Waals surface area (Å²) in [5, 5.41) is 0. The summed E-state index contributed by atoms with van der Waals surface area (Å²) >= 11 is 0. The van der Waals surface area contributed by atoms with Crippen molar-refractivity contribution in [3.05, 3.63) is 24.3 Å². The van der Waals surface area contributed by atoms with Gasteiger partial charge in [0.2, 0.25) is 0 Å². The normalized spacial score (nSPS) is 30.2. The predicted octanol–water partition coefficient (Wildman–Crippen LogP) is 1.60. The Labute approximate surface area is 60.7 Å². The highest BCUT2D eigenvalue weighted by Gasteiger charge is 1.92. The quantitative estimate of drug-likeness (QED) is 0.384. The van der Waals surface area contributed by atoms with E-state index in [2.05, 4.69) is 16.7 Å². The zero-order chi connectivity index (χ0) is 7.23. The van der Waals surface area contributed by atoms with Crippen LogP contribution >= 0.6 is 0 Å². The number of rotatable bonds is 1. The summed E-state index contributed by atoms with van der Waals surface area (Å²) in [6.07, 6.45) is 10.6. The molecule has 0 aromatic heterocycles. The fraction of sp³-hybridized carbons (Fsp3) is 0.250. The first-order valence-corrected chi connectivity index (χ1v) is 3.24. The van der Waals surface area contributed by atoms with Crippen molar-refractivity contribution in [2.75, 3.05) is 0 Å². The average Bonchev–Trinajstić information content (AvgIpc) is 1.87. The molecule has 2 nitrogen and oxygen atoms in total. The molecular weight excluding hydrogens is 124 g/mol. The number of hydrogen-bond acceptors (Lipinski definition) is 2. The third-order valence-electron chi connectivity index (χ3n) is 1.23. The van der Waals surface area contributed by atoms with Crippen LogP contribution in [0.3, 0.4) is 0 Å². The van der Waals surface area contributed by atoms with Gasteiger partial charge in [-0.1, -0.05) is 12.2 Å². The molecule has 1 aliphatic rings. The Hall–Kier alpha value is -1.18. The van der Waals surface area contributed by atoms with Gasteiger partial charge in [-0.15, -0.1) is 0 Å². The van der Waals surface area contributed by atoms with Crippen LogP contribution in [0.5, 0.6) is 0 Å². The molecule has 0 saturated heterocycles. The van der Waals surface area contributed by atoms with Crippen LogP contribution in [-0.2, 0) is 0 Å². The van der Waals surface area contributed by atoms with Crippen molar-refractivity contribution in [2.45, 2.75) is 12.6 Å². The first kappa shape index (κ1) is 6.93. The summed E-state index contributed by atoms with van der Waals surface area (Å²) in [4.78, 5) is 7.85. The highest BCUT2D eigenvalue weighted by Crippen LogP contribution is 1.98. The van der Waals surface area contributed by atoms with E-state index < -0.39 is 0 Å². The Kier molecular flexibility index (Phi) is 2.62. The van der Waals surface area contributed by atoms with E-state index in [9.17, 15) is 0 Å². The predicted molar refractivity (Wildman–Crippen MR) is 44.7 cm³/mol. The molecule has 1 atom stereocenters. The molecule has 0 amide bonds. The molecular formula is C8H10N2. The minimum absolute atomic E-state index is 0.0788. The van der Waals surface area contributed by atoms with E-state index in [4.69, 9.17) is 0 Å². The van der Waals surface area contributed by atoms with Crippen molar-refractivity contribution in [3.8, 4) is 0 Å². The topological polar surface area (TPSA) is 24.7 Å². The van der Waals surface area contributed by atoms with Gasteiger partial charge in [-0.3, -0.25) is 9.98 Å². The summed E-state index contributed by atoms with van der Waals surface area (Å²) < 4.78 is 0. The molecule has 2 heteroatoms. The van der Waals surface area contributed by atoms with Crippen molar-refractivity contribution in [2.24, 2.45) is 9.98 Å². The van der Waals surface area contributed by atoms with Crippen LogP contribution in [0.15, 0.2) is 34.3 Å². The lowest BCUT2D eigenvalue weighted by atomic mass is 10.3. The third-order valence-corrected chi connectivity index (χ3v) is 1.23. The van der Waals surface area contributed by atoms with Gasteiger partial charge in [-0.05, 0) is 25.3 Å². The molecule has 0 aliphatic carbocycles. The summed E-state index contributed by atoms with van der Waals surface area (Å²) in [6, 6.07) is 0. The van der Waals surface area contributed by atoms with Gasteiger partial charge in [0.05, 0.1) is 0 Å². The van der Waals surface area contributed by atoms with E-state index in [1.165, 1.54) is 0 Å². The number of aliphatic imine (C=N–C) groups is 2. The second kappa shape index (κ2) is 3.77. The third kappa shape index (κ3) is 1.97. The molecule has 0 radical (unpaired) electrons. The Morgan fingerprint density at radius 3 is 3.20 bits per heavy atom. The van der Waals surface area contributed by atoms with Gasteiger partial charge in [0.15, 0.2) is 6.17 Å². The van der Waals surface area contributed by atoms with Crippen LogP contribution in [-0.4, -0.2) is 19.1 Å². The van der Waals surface area contributed by atoms with Crippen LogP contribution in [0.4, 0.5) is 0 Å². The van der Waals surface area contributed by atoms with Gasteiger partial charge in [0, 0.05) is 6.21 Å². The summed E-state index contributed by atoms with van der Waals surface area (Å²) in [5.41, 5.74) is 0. The minimum atomic E-state index is -0.0788. The molecule has 0 saturated carbocycles. The van der Waals surface area contributed by atoms with Gasteiger partial charge in [0.25, 0.3) is 0 Å². The Morgan fingerprint density at radius 2 is 2.40 bits per heavy atom. The molecule has 0 spiro atoms. The highest BCUT2D eigenvalue weighted by molar-refractivity contribution is 5.71. The Bertz CT molecular complexity index is 189. The Balaban J connectivity index is 2.67. The minimum Gasteiger partial charge on any atom is -0.270 e. The van der Waals surface area contributed by atoms with Crippen molar-refractivity contribution in [3.63, 3.8) is 0 Å². The molecule has 0 N–H and O–H groups in total. The van der Waals surface area contributed by atoms with Gasteiger partial charge in [0.1, 0.15) is 0 Å². The number of allylic oxidation sites excluding steroid dienone is 3. The molecule has 0 bridgehead atoms. The summed E-state index contributed by atoms with van der Waals surface area (Å²) in [6.45, 7) is 3.42. The zero-order valence-corrected chi connectivity index (χ0v) is 5.77. The molecule has 1 rings (SSSR count). The smallest absolute Gasteiger partial charge is 0.157 e. The molecule has 1 aliphatic heterocycles. The van der Waals surface area contributed by atoms with Crippen LogP contribution in [0.25, 0.3) is 0 Å². The van der Waals surface area contributed by atoms with E-state index in [1.807, 2.05) is 24.3 Å². The second-order valence-corrected chi connectivity index (χ2v) is 1.99. The van der Waals surface area contributed by atoms with E-state index in [0.717, 1.165) is 6.42 Å². The molecule has 10 heavy (non-hydrogen) atoms. The lowest BCUT2D eigenvalue weighted by Crippen LogP contribution is -1.94. The largest absolute Gasteiger partial charge is 0.270 e. The van der Waals surface area contributed by atoms with Crippen LogP contribution in [0, 0.1) is 0 Å². The molecule has 0 fully saturated rings. The average molecular weight is 134 g/mol. The first-order valence-electron chi connectivity index (χ1n) is 3.24. The van der Waals surface area contributed by atoms with Gasteiger partial charge < -0.3 is 0 Å². The van der Waals surface area contributed by atoms with Gasteiger partial charge >= 0.3 is 0 Å².